The molecule has 0 saturated carbocycles. The summed E-state index contributed by atoms with van der Waals surface area (Å²) in [6.07, 6.45) is -3.91. The number of benzene rings is 1. The average Bonchev–Trinajstić information content (AvgIpc) is 2.45. The zero-order valence-electron chi connectivity index (χ0n) is 11.4. The van der Waals surface area contributed by atoms with Crippen LogP contribution >= 0.6 is 0 Å². The number of nitrogens with zero attached hydrogens (tertiary/aromatic N) is 2. The Bertz CT molecular complexity index is 534. The van der Waals surface area contributed by atoms with Gasteiger partial charge in [0.2, 0.25) is 0 Å². The van der Waals surface area contributed by atoms with Gasteiger partial charge in [-0.2, -0.15) is 13.2 Å². The van der Waals surface area contributed by atoms with E-state index in [0.717, 1.165) is 6.07 Å². The molecule has 0 aliphatic carbocycles. The molecule has 1 aliphatic heterocycles. The number of halogens is 3. The molecule has 1 aromatic carbocycles. The van der Waals surface area contributed by atoms with Gasteiger partial charge >= 0.3 is 6.18 Å². The van der Waals surface area contributed by atoms with Crippen molar-refractivity contribution in [3.8, 4) is 0 Å². The summed E-state index contributed by atoms with van der Waals surface area (Å²) in [5, 5.41) is 11.1. The Morgan fingerprint density at radius 1 is 1.48 bits per heavy atom. The molecule has 0 aromatic heterocycles. The maximum Gasteiger partial charge on any atom is 0.416 e. The molecule has 1 aromatic rings. The molecule has 1 fully saturated rings. The van der Waals surface area contributed by atoms with Crippen LogP contribution in [-0.4, -0.2) is 30.7 Å². The molecule has 0 amide bonds. The molecule has 1 saturated heterocycles. The van der Waals surface area contributed by atoms with Gasteiger partial charge in [0, 0.05) is 12.6 Å². The van der Waals surface area contributed by atoms with Gasteiger partial charge in [-0.25, -0.2) is 0 Å². The maximum absolute atomic E-state index is 12.7. The topological polar surface area (TPSA) is 55.6 Å². The van der Waals surface area contributed by atoms with Crippen molar-refractivity contribution in [1.29, 1.82) is 0 Å². The lowest BCUT2D eigenvalue weighted by molar-refractivity contribution is -0.384. The Morgan fingerprint density at radius 3 is 2.76 bits per heavy atom. The molecule has 116 valence electrons. The Kier molecular flexibility index (Phi) is 4.36. The van der Waals surface area contributed by atoms with Crippen LogP contribution in [-0.2, 0) is 10.9 Å². The third-order valence-corrected chi connectivity index (χ3v) is 3.51. The highest BCUT2D eigenvalue weighted by atomic mass is 19.4. The van der Waals surface area contributed by atoms with Crippen LogP contribution in [0.25, 0.3) is 0 Å². The van der Waals surface area contributed by atoms with Crippen LogP contribution in [0.15, 0.2) is 18.2 Å². The first kappa shape index (κ1) is 15.6. The molecular weight excluding hydrogens is 289 g/mol. The summed E-state index contributed by atoms with van der Waals surface area (Å²) < 4.78 is 43.4. The number of hydrogen-bond acceptors (Lipinski definition) is 4. The Hall–Kier alpha value is -1.83. The number of ether oxygens (including phenoxy) is 1. The van der Waals surface area contributed by atoms with E-state index in [1.54, 1.807) is 4.90 Å². The van der Waals surface area contributed by atoms with Crippen LogP contribution < -0.4 is 4.90 Å². The van der Waals surface area contributed by atoms with Gasteiger partial charge in [-0.1, -0.05) is 6.92 Å². The van der Waals surface area contributed by atoms with E-state index in [1.165, 1.54) is 6.07 Å². The van der Waals surface area contributed by atoms with Crippen molar-refractivity contribution in [2.24, 2.45) is 0 Å². The van der Waals surface area contributed by atoms with Gasteiger partial charge in [0.05, 0.1) is 29.7 Å². The van der Waals surface area contributed by atoms with E-state index in [-0.39, 0.29) is 11.7 Å². The summed E-state index contributed by atoms with van der Waals surface area (Å²) in [6.45, 7) is 3.14. The van der Waals surface area contributed by atoms with E-state index >= 15 is 0 Å². The summed E-state index contributed by atoms with van der Waals surface area (Å²) in [5.41, 5.74) is -1.33. The minimum Gasteiger partial charge on any atom is -0.377 e. The molecule has 0 radical (unpaired) electrons. The second-order valence-corrected chi connectivity index (χ2v) is 4.79. The number of alkyl halides is 3. The molecule has 8 heteroatoms. The zero-order valence-corrected chi connectivity index (χ0v) is 11.4. The van der Waals surface area contributed by atoms with E-state index in [0.29, 0.717) is 32.2 Å². The van der Waals surface area contributed by atoms with Crippen molar-refractivity contribution in [3.05, 3.63) is 33.9 Å². The van der Waals surface area contributed by atoms with Crippen LogP contribution in [0.5, 0.6) is 0 Å². The second-order valence-electron chi connectivity index (χ2n) is 4.79. The Morgan fingerprint density at radius 2 is 2.19 bits per heavy atom. The third kappa shape index (κ3) is 3.26. The highest BCUT2D eigenvalue weighted by molar-refractivity contribution is 5.65. The SMILES string of the molecule is CCC1COCCN1c1ccc(C(F)(F)F)cc1[N+](=O)[O-]. The van der Waals surface area contributed by atoms with Gasteiger partial charge in [0.1, 0.15) is 5.69 Å². The summed E-state index contributed by atoms with van der Waals surface area (Å²) >= 11 is 0. The normalized spacial score (nSPS) is 19.6. The predicted molar refractivity (Wildman–Crippen MR) is 70.3 cm³/mol. The molecule has 0 bridgehead atoms. The molecule has 1 aliphatic rings. The van der Waals surface area contributed by atoms with E-state index in [4.69, 9.17) is 4.74 Å². The summed E-state index contributed by atoms with van der Waals surface area (Å²) in [6, 6.07) is 2.57. The van der Waals surface area contributed by atoms with Gasteiger partial charge in [0.15, 0.2) is 0 Å². The fraction of sp³-hybridized carbons (Fsp3) is 0.538. The summed E-state index contributed by atoms with van der Waals surface area (Å²) in [4.78, 5) is 12.1. The van der Waals surface area contributed by atoms with Crippen LogP contribution in [0.2, 0.25) is 0 Å². The van der Waals surface area contributed by atoms with Crippen molar-refractivity contribution >= 4 is 11.4 Å². The smallest absolute Gasteiger partial charge is 0.377 e. The van der Waals surface area contributed by atoms with Crippen molar-refractivity contribution < 1.29 is 22.8 Å². The van der Waals surface area contributed by atoms with Gasteiger partial charge in [-0.3, -0.25) is 10.1 Å². The monoisotopic (exact) mass is 304 g/mol. The molecule has 1 unspecified atom stereocenters. The van der Waals surface area contributed by atoms with E-state index in [1.807, 2.05) is 6.92 Å². The number of morpholine rings is 1. The van der Waals surface area contributed by atoms with Crippen LogP contribution in [0.4, 0.5) is 24.5 Å². The molecule has 21 heavy (non-hydrogen) atoms. The van der Waals surface area contributed by atoms with Gasteiger partial charge in [-0.05, 0) is 18.6 Å². The van der Waals surface area contributed by atoms with Crippen molar-refractivity contribution in [2.45, 2.75) is 25.6 Å². The number of anilines is 1. The quantitative estimate of drug-likeness (QED) is 0.635. The lowest BCUT2D eigenvalue weighted by Gasteiger charge is -2.36. The van der Waals surface area contributed by atoms with Crippen molar-refractivity contribution in [1.82, 2.24) is 0 Å². The molecule has 1 heterocycles. The lowest BCUT2D eigenvalue weighted by atomic mass is 10.1. The first-order valence-corrected chi connectivity index (χ1v) is 6.54. The molecule has 2 rings (SSSR count). The molecular formula is C13H15F3N2O3. The van der Waals surface area contributed by atoms with Crippen LogP contribution in [0, 0.1) is 10.1 Å². The number of hydrogen-bond donors (Lipinski definition) is 0. The number of rotatable bonds is 3. The van der Waals surface area contributed by atoms with Gasteiger partial charge in [-0.15, -0.1) is 0 Å². The van der Waals surface area contributed by atoms with E-state index in [9.17, 15) is 23.3 Å². The van der Waals surface area contributed by atoms with Gasteiger partial charge < -0.3 is 9.64 Å². The number of nitro benzene ring substituents is 1. The standard InChI is InChI=1S/C13H15F3N2O3/c1-2-10-8-21-6-5-17(10)11-4-3-9(13(14,15)16)7-12(11)18(19)20/h3-4,7,10H,2,5-6,8H2,1H3. The molecule has 5 nitrogen and oxygen atoms in total. The maximum atomic E-state index is 12.7. The first-order chi connectivity index (χ1) is 9.84. The average molecular weight is 304 g/mol. The predicted octanol–water partition coefficient (Wildman–Crippen LogP) is 3.23. The summed E-state index contributed by atoms with van der Waals surface area (Å²) in [7, 11) is 0. The first-order valence-electron chi connectivity index (χ1n) is 6.54. The van der Waals surface area contributed by atoms with Crippen molar-refractivity contribution in [2.75, 3.05) is 24.7 Å². The molecule has 0 spiro atoms. The van der Waals surface area contributed by atoms with E-state index < -0.39 is 22.4 Å². The van der Waals surface area contributed by atoms with E-state index in [2.05, 4.69) is 0 Å². The molecule has 0 N–H and O–H groups in total. The number of nitro groups is 1. The lowest BCUT2D eigenvalue weighted by Crippen LogP contribution is -2.45. The minimum absolute atomic E-state index is 0.0748. The largest absolute Gasteiger partial charge is 0.416 e. The van der Waals surface area contributed by atoms with Crippen molar-refractivity contribution in [3.63, 3.8) is 0 Å². The summed E-state index contributed by atoms with van der Waals surface area (Å²) in [5.74, 6) is 0. The highest BCUT2D eigenvalue weighted by Gasteiger charge is 2.35. The third-order valence-electron chi connectivity index (χ3n) is 3.51. The Balaban J connectivity index is 2.45. The zero-order chi connectivity index (χ0) is 15.6. The Labute approximate surface area is 119 Å². The fourth-order valence-electron chi connectivity index (χ4n) is 2.40. The van der Waals surface area contributed by atoms with Gasteiger partial charge in [0.25, 0.3) is 5.69 Å². The van der Waals surface area contributed by atoms with Crippen LogP contribution in [0.1, 0.15) is 18.9 Å². The fourth-order valence-corrected chi connectivity index (χ4v) is 2.40. The minimum atomic E-state index is -4.60. The second kappa shape index (κ2) is 5.88. The molecule has 1 atom stereocenters. The highest BCUT2D eigenvalue weighted by Crippen LogP contribution is 2.37. The van der Waals surface area contributed by atoms with Crippen LogP contribution in [0.3, 0.4) is 0 Å².